The van der Waals surface area contributed by atoms with Gasteiger partial charge in [0.05, 0.1) is 19.8 Å². The summed E-state index contributed by atoms with van der Waals surface area (Å²) in [5.74, 6) is 2.91. The Morgan fingerprint density at radius 2 is 1.84 bits per heavy atom. The van der Waals surface area contributed by atoms with Crippen LogP contribution < -0.4 is 10.6 Å². The van der Waals surface area contributed by atoms with E-state index in [0.29, 0.717) is 12.0 Å². The molecule has 1 saturated heterocycles. The van der Waals surface area contributed by atoms with Crippen LogP contribution in [0.2, 0.25) is 0 Å². The van der Waals surface area contributed by atoms with E-state index in [0.717, 1.165) is 51.9 Å². The molecule has 1 heterocycles. The summed E-state index contributed by atoms with van der Waals surface area (Å²) < 4.78 is 5.54. The van der Waals surface area contributed by atoms with Crippen molar-refractivity contribution in [3.8, 4) is 0 Å². The van der Waals surface area contributed by atoms with Gasteiger partial charge in [-0.15, -0.1) is 0 Å². The zero-order valence-electron chi connectivity index (χ0n) is 16.9. The Hall–Kier alpha value is -0.460. The number of nitrogens with one attached hydrogen (secondary N) is 2. The van der Waals surface area contributed by atoms with Gasteiger partial charge in [-0.2, -0.15) is 11.8 Å². The van der Waals surface area contributed by atoms with E-state index < -0.39 is 0 Å². The second-order valence-electron chi connectivity index (χ2n) is 6.64. The van der Waals surface area contributed by atoms with Gasteiger partial charge in [0.25, 0.3) is 0 Å². The summed E-state index contributed by atoms with van der Waals surface area (Å²) in [7, 11) is 0. The molecule has 1 rings (SSSR count). The molecule has 1 aliphatic heterocycles. The average molecular weight is 373 g/mol. The smallest absolute Gasteiger partial charge is 0.191 e. The first kappa shape index (κ1) is 22.6. The summed E-state index contributed by atoms with van der Waals surface area (Å²) in [6.07, 6.45) is 7.06. The third-order valence-electron chi connectivity index (χ3n) is 4.96. The van der Waals surface area contributed by atoms with Crippen LogP contribution in [0.4, 0.5) is 0 Å². The Bertz CT molecular complexity index is 344. The minimum absolute atomic E-state index is 0.519. The maximum absolute atomic E-state index is 5.54. The number of aliphatic imine (C=N–C) groups is 1. The standard InChI is InChI=1S/C19H40N4OS/c1-5-17(6-2)18(23-11-13-24-14-12-23)16-22-19(20-7-3)21-10-8-9-15-25-4/h17-18H,5-16H2,1-4H3,(H2,20,21,22). The molecule has 1 atom stereocenters. The highest BCUT2D eigenvalue weighted by Gasteiger charge is 2.26. The van der Waals surface area contributed by atoms with Crippen molar-refractivity contribution in [1.82, 2.24) is 15.5 Å². The van der Waals surface area contributed by atoms with E-state index in [1.807, 2.05) is 11.8 Å². The topological polar surface area (TPSA) is 48.9 Å². The normalized spacial score (nSPS) is 17.7. The Kier molecular flexibility index (Phi) is 13.3. The van der Waals surface area contributed by atoms with Gasteiger partial charge < -0.3 is 15.4 Å². The number of hydrogen-bond acceptors (Lipinski definition) is 4. The second-order valence-corrected chi connectivity index (χ2v) is 7.62. The molecule has 0 spiro atoms. The van der Waals surface area contributed by atoms with Crippen LogP contribution in [0.25, 0.3) is 0 Å². The molecule has 148 valence electrons. The van der Waals surface area contributed by atoms with Crippen molar-refractivity contribution in [3.05, 3.63) is 0 Å². The zero-order chi connectivity index (χ0) is 18.3. The highest BCUT2D eigenvalue weighted by atomic mass is 32.2. The van der Waals surface area contributed by atoms with Crippen molar-refractivity contribution in [1.29, 1.82) is 0 Å². The number of nitrogens with zero attached hydrogens (tertiary/aromatic N) is 2. The molecule has 0 amide bonds. The lowest BCUT2D eigenvalue weighted by molar-refractivity contribution is 0.00395. The summed E-state index contributed by atoms with van der Waals surface area (Å²) in [5, 5.41) is 6.90. The molecule has 0 aromatic carbocycles. The molecular formula is C19H40N4OS. The predicted molar refractivity (Wildman–Crippen MR) is 112 cm³/mol. The third kappa shape index (κ3) is 9.15. The van der Waals surface area contributed by atoms with E-state index in [1.165, 1.54) is 31.4 Å². The van der Waals surface area contributed by atoms with Gasteiger partial charge in [0.15, 0.2) is 5.96 Å². The number of rotatable bonds is 12. The van der Waals surface area contributed by atoms with Crippen LogP contribution in [0.15, 0.2) is 4.99 Å². The first-order valence-electron chi connectivity index (χ1n) is 10.1. The second kappa shape index (κ2) is 14.7. The zero-order valence-corrected chi connectivity index (χ0v) is 17.7. The number of unbranched alkanes of at least 4 members (excludes halogenated alkanes) is 1. The summed E-state index contributed by atoms with van der Waals surface area (Å²) in [4.78, 5) is 7.52. The molecule has 0 bridgehead atoms. The first-order valence-corrected chi connectivity index (χ1v) is 11.5. The van der Waals surface area contributed by atoms with E-state index in [1.54, 1.807) is 0 Å². The van der Waals surface area contributed by atoms with Crippen LogP contribution in [0.5, 0.6) is 0 Å². The van der Waals surface area contributed by atoms with E-state index in [9.17, 15) is 0 Å². The number of guanidine groups is 1. The molecule has 0 saturated carbocycles. The summed E-state index contributed by atoms with van der Waals surface area (Å²) in [6, 6.07) is 0.519. The highest BCUT2D eigenvalue weighted by Crippen LogP contribution is 2.20. The number of thioether (sulfide) groups is 1. The monoisotopic (exact) mass is 372 g/mol. The predicted octanol–water partition coefficient (Wildman–Crippen LogP) is 2.82. The lowest BCUT2D eigenvalue weighted by atomic mass is 9.92. The van der Waals surface area contributed by atoms with Gasteiger partial charge in [-0.3, -0.25) is 9.89 Å². The van der Waals surface area contributed by atoms with Crippen LogP contribution in [0, 0.1) is 5.92 Å². The lowest BCUT2D eigenvalue weighted by Gasteiger charge is -2.38. The summed E-state index contributed by atoms with van der Waals surface area (Å²) >= 11 is 1.92. The third-order valence-corrected chi connectivity index (χ3v) is 5.65. The lowest BCUT2D eigenvalue weighted by Crippen LogP contribution is -2.49. The summed E-state index contributed by atoms with van der Waals surface area (Å²) in [6.45, 7) is 13.3. The molecule has 1 aliphatic rings. The molecule has 0 aliphatic carbocycles. The quantitative estimate of drug-likeness (QED) is 0.313. The van der Waals surface area contributed by atoms with Crippen molar-refractivity contribution >= 4 is 17.7 Å². The first-order chi connectivity index (χ1) is 12.3. The van der Waals surface area contributed by atoms with Gasteiger partial charge in [-0.05, 0) is 37.7 Å². The number of morpholine rings is 1. The fraction of sp³-hybridized carbons (Fsp3) is 0.947. The van der Waals surface area contributed by atoms with E-state index in [-0.39, 0.29) is 0 Å². The molecule has 1 fully saturated rings. The van der Waals surface area contributed by atoms with Gasteiger partial charge in [-0.1, -0.05) is 26.7 Å². The average Bonchev–Trinajstić information content (AvgIpc) is 2.65. The molecule has 2 N–H and O–H groups in total. The van der Waals surface area contributed by atoms with Crippen LogP contribution >= 0.6 is 11.8 Å². The van der Waals surface area contributed by atoms with Gasteiger partial charge >= 0.3 is 0 Å². The Morgan fingerprint density at radius 1 is 1.12 bits per heavy atom. The molecule has 0 aromatic rings. The van der Waals surface area contributed by atoms with Gasteiger partial charge in [0.1, 0.15) is 0 Å². The molecule has 5 nitrogen and oxygen atoms in total. The number of hydrogen-bond donors (Lipinski definition) is 2. The molecule has 0 aromatic heterocycles. The van der Waals surface area contributed by atoms with Crippen molar-refractivity contribution in [2.45, 2.75) is 52.5 Å². The fourth-order valence-corrected chi connectivity index (χ4v) is 3.90. The van der Waals surface area contributed by atoms with Crippen molar-refractivity contribution < 1.29 is 4.74 Å². The molecule has 1 unspecified atom stereocenters. The van der Waals surface area contributed by atoms with Crippen LogP contribution in [0.3, 0.4) is 0 Å². The Labute approximate surface area is 159 Å². The molecule has 6 heteroatoms. The number of ether oxygens (including phenoxy) is 1. The van der Waals surface area contributed by atoms with E-state index in [2.05, 4.69) is 42.6 Å². The van der Waals surface area contributed by atoms with Crippen LogP contribution in [-0.4, -0.2) is 74.8 Å². The largest absolute Gasteiger partial charge is 0.379 e. The molecular weight excluding hydrogens is 332 g/mol. The molecule has 0 radical (unpaired) electrons. The summed E-state index contributed by atoms with van der Waals surface area (Å²) in [5.41, 5.74) is 0. The van der Waals surface area contributed by atoms with E-state index in [4.69, 9.17) is 9.73 Å². The van der Waals surface area contributed by atoms with Crippen molar-refractivity contribution in [3.63, 3.8) is 0 Å². The molecule has 25 heavy (non-hydrogen) atoms. The SMILES string of the molecule is CCNC(=NCC(C(CC)CC)N1CCOCC1)NCCCCSC. The minimum atomic E-state index is 0.519. The van der Waals surface area contributed by atoms with Crippen LogP contribution in [0.1, 0.15) is 46.5 Å². The Morgan fingerprint density at radius 3 is 2.44 bits per heavy atom. The van der Waals surface area contributed by atoms with Gasteiger partial charge in [-0.25, -0.2) is 0 Å². The minimum Gasteiger partial charge on any atom is -0.379 e. The maximum atomic E-state index is 5.54. The fourth-order valence-electron chi connectivity index (χ4n) is 3.41. The van der Waals surface area contributed by atoms with Gasteiger partial charge in [0, 0.05) is 32.2 Å². The van der Waals surface area contributed by atoms with Crippen LogP contribution in [-0.2, 0) is 4.74 Å². The van der Waals surface area contributed by atoms with Crippen molar-refractivity contribution in [2.24, 2.45) is 10.9 Å². The maximum Gasteiger partial charge on any atom is 0.191 e. The highest BCUT2D eigenvalue weighted by molar-refractivity contribution is 7.98. The van der Waals surface area contributed by atoms with Crippen molar-refractivity contribution in [2.75, 3.05) is 57.9 Å². The van der Waals surface area contributed by atoms with Gasteiger partial charge in [0.2, 0.25) is 0 Å². The van der Waals surface area contributed by atoms with E-state index >= 15 is 0 Å². The Balaban J connectivity index is 2.61.